The van der Waals surface area contributed by atoms with Crippen LogP contribution in [0.25, 0.3) is 11.4 Å². The van der Waals surface area contributed by atoms with Gasteiger partial charge in [-0.25, -0.2) is 0 Å². The van der Waals surface area contributed by atoms with Gasteiger partial charge in [0.2, 0.25) is 5.88 Å². The number of H-pyrrole nitrogens is 1. The summed E-state index contributed by atoms with van der Waals surface area (Å²) in [6.45, 7) is 2.99. The van der Waals surface area contributed by atoms with E-state index in [-0.39, 0.29) is 17.0 Å². The van der Waals surface area contributed by atoms with E-state index in [4.69, 9.17) is 9.47 Å². The molecule has 0 bridgehead atoms. The lowest BCUT2D eigenvalue weighted by atomic mass is 10.1. The molecule has 2 aromatic rings. The van der Waals surface area contributed by atoms with Crippen LogP contribution in [0.2, 0.25) is 0 Å². The van der Waals surface area contributed by atoms with Crippen LogP contribution < -0.4 is 15.0 Å². The second kappa shape index (κ2) is 5.47. The summed E-state index contributed by atoms with van der Waals surface area (Å²) in [7, 11) is 0. The largest absolute Gasteiger partial charge is 0.493 e. The average Bonchev–Trinajstić information content (AvgIpc) is 2.71. The van der Waals surface area contributed by atoms with Crippen molar-refractivity contribution in [2.75, 3.05) is 13.2 Å². The Hall–Kier alpha value is -2.50. The predicted octanol–water partition coefficient (Wildman–Crippen LogP) is 1.87. The van der Waals surface area contributed by atoms with E-state index >= 15 is 0 Å². The average molecular weight is 288 g/mol. The Bertz CT molecular complexity index is 724. The Kier molecular flexibility index (Phi) is 3.51. The summed E-state index contributed by atoms with van der Waals surface area (Å²) in [6.07, 6.45) is 1.25. The van der Waals surface area contributed by atoms with Crippen molar-refractivity contribution in [3.05, 3.63) is 34.1 Å². The highest BCUT2D eigenvalue weighted by atomic mass is 16.5. The number of nitrogens with one attached hydrogen (secondary N) is 1. The fraction of sp³-hybridized carbons (Fsp3) is 0.333. The van der Waals surface area contributed by atoms with Crippen LogP contribution in [-0.4, -0.2) is 28.3 Å². The number of aromatic nitrogens is 2. The first-order valence-corrected chi connectivity index (χ1v) is 6.91. The number of fused-ring (bicyclic) bond motifs is 1. The highest BCUT2D eigenvalue weighted by molar-refractivity contribution is 5.61. The lowest BCUT2D eigenvalue weighted by molar-refractivity contribution is 0.297. The fourth-order valence-electron chi connectivity index (χ4n) is 2.25. The molecule has 1 aromatic heterocycles. The van der Waals surface area contributed by atoms with Gasteiger partial charge in [0.15, 0.2) is 11.5 Å². The van der Waals surface area contributed by atoms with E-state index in [0.717, 1.165) is 6.42 Å². The van der Waals surface area contributed by atoms with Gasteiger partial charge in [0.25, 0.3) is 5.56 Å². The van der Waals surface area contributed by atoms with Gasteiger partial charge in [-0.1, -0.05) is 6.92 Å². The Morgan fingerprint density at radius 3 is 2.76 bits per heavy atom. The Balaban J connectivity index is 2.05. The summed E-state index contributed by atoms with van der Waals surface area (Å²) in [6, 6.07) is 5.31. The number of hydrogen-bond donors (Lipinski definition) is 2. The standard InChI is InChI=1S/C15H16N2O4/c1-2-10-14(18)16-13(17-15(10)19)9-4-5-11-12(8-9)21-7-3-6-20-11/h4-5,8H,2-3,6-7H2,1H3,(H2,16,17,18,19). The Morgan fingerprint density at radius 2 is 2.05 bits per heavy atom. The van der Waals surface area contributed by atoms with Crippen molar-refractivity contribution in [2.24, 2.45) is 0 Å². The molecule has 21 heavy (non-hydrogen) atoms. The van der Waals surface area contributed by atoms with E-state index in [1.54, 1.807) is 25.1 Å². The SMILES string of the molecule is CCc1c(O)nc(-c2ccc3c(c2)OCCCO3)[nH]c1=O. The molecular weight excluding hydrogens is 272 g/mol. The van der Waals surface area contributed by atoms with Gasteiger partial charge in [0.05, 0.1) is 18.8 Å². The van der Waals surface area contributed by atoms with Crippen molar-refractivity contribution in [2.45, 2.75) is 19.8 Å². The number of rotatable bonds is 2. The summed E-state index contributed by atoms with van der Waals surface area (Å²) >= 11 is 0. The molecule has 1 aliphatic rings. The lowest BCUT2D eigenvalue weighted by Gasteiger charge is -2.09. The summed E-state index contributed by atoms with van der Waals surface area (Å²) in [5.74, 6) is 1.37. The molecule has 2 heterocycles. The molecule has 110 valence electrons. The second-order valence-electron chi connectivity index (χ2n) is 4.78. The van der Waals surface area contributed by atoms with E-state index in [1.165, 1.54) is 0 Å². The lowest BCUT2D eigenvalue weighted by Crippen LogP contribution is -2.14. The monoisotopic (exact) mass is 288 g/mol. The maximum absolute atomic E-state index is 11.9. The van der Waals surface area contributed by atoms with Crippen LogP contribution >= 0.6 is 0 Å². The minimum atomic E-state index is -0.327. The molecule has 0 spiro atoms. The Morgan fingerprint density at radius 1 is 1.29 bits per heavy atom. The molecule has 0 fully saturated rings. The molecule has 6 heteroatoms. The first-order chi connectivity index (χ1) is 10.2. The van der Waals surface area contributed by atoms with Crippen molar-refractivity contribution in [1.29, 1.82) is 0 Å². The van der Waals surface area contributed by atoms with E-state index in [9.17, 15) is 9.90 Å². The first-order valence-electron chi connectivity index (χ1n) is 6.91. The van der Waals surface area contributed by atoms with Gasteiger partial charge >= 0.3 is 0 Å². The van der Waals surface area contributed by atoms with Crippen molar-refractivity contribution >= 4 is 0 Å². The van der Waals surface area contributed by atoms with Crippen LogP contribution in [0.3, 0.4) is 0 Å². The van der Waals surface area contributed by atoms with Crippen LogP contribution in [0.4, 0.5) is 0 Å². The molecule has 0 amide bonds. The second-order valence-corrected chi connectivity index (χ2v) is 4.78. The molecule has 3 rings (SSSR count). The van der Waals surface area contributed by atoms with Gasteiger partial charge in [0, 0.05) is 12.0 Å². The van der Waals surface area contributed by atoms with Crippen LogP contribution in [0, 0.1) is 0 Å². The summed E-state index contributed by atoms with van der Waals surface area (Å²) in [4.78, 5) is 18.6. The molecule has 1 aromatic carbocycles. The minimum absolute atomic E-state index is 0.233. The Labute approximate surface area is 121 Å². The fourth-order valence-corrected chi connectivity index (χ4v) is 2.25. The normalized spacial score (nSPS) is 13.8. The third-order valence-corrected chi connectivity index (χ3v) is 3.37. The van der Waals surface area contributed by atoms with E-state index in [2.05, 4.69) is 9.97 Å². The number of hydrogen-bond acceptors (Lipinski definition) is 5. The zero-order valence-electron chi connectivity index (χ0n) is 11.7. The smallest absolute Gasteiger partial charge is 0.258 e. The van der Waals surface area contributed by atoms with Crippen LogP contribution in [0.15, 0.2) is 23.0 Å². The number of ether oxygens (including phenoxy) is 2. The van der Waals surface area contributed by atoms with Gasteiger partial charge < -0.3 is 19.6 Å². The summed E-state index contributed by atoms with van der Waals surface area (Å²) < 4.78 is 11.2. The van der Waals surface area contributed by atoms with Gasteiger partial charge in [-0.05, 0) is 24.6 Å². The number of aromatic hydroxyl groups is 1. The van der Waals surface area contributed by atoms with E-state index < -0.39 is 0 Å². The van der Waals surface area contributed by atoms with Gasteiger partial charge in [-0.2, -0.15) is 4.98 Å². The molecule has 0 saturated heterocycles. The minimum Gasteiger partial charge on any atom is -0.493 e. The zero-order chi connectivity index (χ0) is 14.8. The zero-order valence-corrected chi connectivity index (χ0v) is 11.7. The van der Waals surface area contributed by atoms with Gasteiger partial charge in [-0.15, -0.1) is 0 Å². The van der Waals surface area contributed by atoms with Crippen molar-refractivity contribution in [3.63, 3.8) is 0 Å². The van der Waals surface area contributed by atoms with E-state index in [0.29, 0.717) is 42.5 Å². The van der Waals surface area contributed by atoms with Gasteiger partial charge in [0.1, 0.15) is 5.82 Å². The maximum atomic E-state index is 11.9. The van der Waals surface area contributed by atoms with Crippen molar-refractivity contribution in [3.8, 4) is 28.8 Å². The topological polar surface area (TPSA) is 84.4 Å². The molecule has 0 atom stereocenters. The third kappa shape index (κ3) is 2.56. The third-order valence-electron chi connectivity index (χ3n) is 3.37. The molecule has 6 nitrogen and oxygen atoms in total. The van der Waals surface area contributed by atoms with Crippen LogP contribution in [0.1, 0.15) is 18.9 Å². The molecule has 0 radical (unpaired) electrons. The molecule has 0 aliphatic carbocycles. The highest BCUT2D eigenvalue weighted by Gasteiger charge is 2.14. The number of aromatic amines is 1. The van der Waals surface area contributed by atoms with Crippen molar-refractivity contribution in [1.82, 2.24) is 9.97 Å². The number of benzene rings is 1. The molecule has 1 aliphatic heterocycles. The van der Waals surface area contributed by atoms with E-state index in [1.807, 2.05) is 0 Å². The van der Waals surface area contributed by atoms with Gasteiger partial charge in [-0.3, -0.25) is 4.79 Å². The summed E-state index contributed by atoms with van der Waals surface area (Å²) in [5.41, 5.74) is 0.620. The quantitative estimate of drug-likeness (QED) is 0.881. The molecular formula is C15H16N2O4. The first kappa shape index (κ1) is 13.5. The molecule has 0 unspecified atom stereocenters. The molecule has 0 saturated carbocycles. The highest BCUT2D eigenvalue weighted by Crippen LogP contribution is 2.33. The predicted molar refractivity (Wildman–Crippen MR) is 76.9 cm³/mol. The molecule has 2 N–H and O–H groups in total. The van der Waals surface area contributed by atoms with Crippen LogP contribution in [-0.2, 0) is 6.42 Å². The van der Waals surface area contributed by atoms with Crippen LogP contribution in [0.5, 0.6) is 17.4 Å². The number of nitrogens with zero attached hydrogens (tertiary/aromatic N) is 1. The maximum Gasteiger partial charge on any atom is 0.258 e. The van der Waals surface area contributed by atoms with Crippen molar-refractivity contribution < 1.29 is 14.6 Å². The summed E-state index contributed by atoms with van der Waals surface area (Å²) in [5, 5.41) is 9.83.